The van der Waals surface area contributed by atoms with Gasteiger partial charge in [-0.25, -0.2) is 4.79 Å². The summed E-state index contributed by atoms with van der Waals surface area (Å²) < 4.78 is 15.6. The summed E-state index contributed by atoms with van der Waals surface area (Å²) in [5.74, 6) is -0.0486. The SMILES string of the molecule is COc1ccc(OC)c(NC(=O)COC(=O)c2cc(C)nc3ccccc23)c1. The number of rotatable bonds is 6. The van der Waals surface area contributed by atoms with Crippen LogP contribution in [0, 0.1) is 6.92 Å². The van der Waals surface area contributed by atoms with Gasteiger partial charge in [-0.1, -0.05) is 18.2 Å². The molecule has 0 saturated carbocycles. The summed E-state index contributed by atoms with van der Waals surface area (Å²) in [6.45, 7) is 1.36. The number of aryl methyl sites for hydroxylation is 1. The first-order valence-electron chi connectivity index (χ1n) is 8.57. The fourth-order valence-electron chi connectivity index (χ4n) is 2.78. The van der Waals surface area contributed by atoms with E-state index >= 15 is 0 Å². The van der Waals surface area contributed by atoms with Crippen molar-refractivity contribution < 1.29 is 23.8 Å². The third-order valence-corrected chi connectivity index (χ3v) is 4.08. The summed E-state index contributed by atoms with van der Waals surface area (Å²) in [6, 6.07) is 13.9. The molecule has 0 bridgehead atoms. The molecular weight excluding hydrogens is 360 g/mol. The first kappa shape index (κ1) is 19.2. The number of fused-ring (bicyclic) bond motifs is 1. The van der Waals surface area contributed by atoms with Gasteiger partial charge >= 0.3 is 5.97 Å². The number of carbonyl (C=O) groups is 2. The number of hydrogen-bond acceptors (Lipinski definition) is 6. The normalized spacial score (nSPS) is 10.4. The number of aromatic nitrogens is 1. The lowest BCUT2D eigenvalue weighted by atomic mass is 10.1. The second kappa shape index (κ2) is 8.39. The largest absolute Gasteiger partial charge is 0.497 e. The number of amides is 1. The molecule has 3 aromatic rings. The summed E-state index contributed by atoms with van der Waals surface area (Å²) in [5, 5.41) is 3.33. The van der Waals surface area contributed by atoms with E-state index in [1.54, 1.807) is 37.3 Å². The Balaban J connectivity index is 1.71. The van der Waals surface area contributed by atoms with Gasteiger partial charge in [-0.15, -0.1) is 0 Å². The quantitative estimate of drug-likeness (QED) is 0.660. The van der Waals surface area contributed by atoms with Gasteiger partial charge in [-0.05, 0) is 31.2 Å². The molecule has 0 saturated heterocycles. The van der Waals surface area contributed by atoms with E-state index in [-0.39, 0.29) is 0 Å². The monoisotopic (exact) mass is 380 g/mol. The van der Waals surface area contributed by atoms with E-state index in [0.29, 0.717) is 39.3 Å². The molecule has 0 radical (unpaired) electrons. The van der Waals surface area contributed by atoms with Crippen molar-refractivity contribution in [1.29, 1.82) is 0 Å². The molecule has 0 atom stereocenters. The second-order valence-electron chi connectivity index (χ2n) is 6.02. The van der Waals surface area contributed by atoms with Crippen LogP contribution in [0.15, 0.2) is 48.5 Å². The molecule has 1 N–H and O–H groups in total. The van der Waals surface area contributed by atoms with Crippen LogP contribution in [0.4, 0.5) is 5.69 Å². The number of nitrogens with zero attached hydrogens (tertiary/aromatic N) is 1. The van der Waals surface area contributed by atoms with Gasteiger partial charge in [0.2, 0.25) is 0 Å². The fraction of sp³-hybridized carbons (Fsp3) is 0.190. The molecule has 0 fully saturated rings. The van der Waals surface area contributed by atoms with E-state index in [2.05, 4.69) is 10.3 Å². The standard InChI is InChI=1S/C21H20N2O5/c1-13-10-16(15-6-4-5-7-17(15)22-13)21(25)28-12-20(24)23-18-11-14(26-2)8-9-19(18)27-3/h4-11H,12H2,1-3H3,(H,23,24). The minimum absolute atomic E-state index is 0.370. The Morgan fingerprint density at radius 2 is 1.82 bits per heavy atom. The van der Waals surface area contributed by atoms with Crippen LogP contribution in [0.3, 0.4) is 0 Å². The zero-order valence-corrected chi connectivity index (χ0v) is 15.8. The second-order valence-corrected chi connectivity index (χ2v) is 6.02. The molecule has 3 rings (SSSR count). The lowest BCUT2D eigenvalue weighted by Crippen LogP contribution is -2.21. The molecule has 0 unspecified atom stereocenters. The molecule has 7 heteroatoms. The zero-order chi connectivity index (χ0) is 20.1. The van der Waals surface area contributed by atoms with E-state index in [0.717, 1.165) is 0 Å². The summed E-state index contributed by atoms with van der Waals surface area (Å²) in [5.41, 5.74) is 2.18. The van der Waals surface area contributed by atoms with Crippen LogP contribution in [-0.4, -0.2) is 37.7 Å². The minimum Gasteiger partial charge on any atom is -0.497 e. The summed E-state index contributed by atoms with van der Waals surface area (Å²) in [6.07, 6.45) is 0. The highest BCUT2D eigenvalue weighted by molar-refractivity contribution is 6.04. The van der Waals surface area contributed by atoms with Crippen molar-refractivity contribution in [1.82, 2.24) is 4.98 Å². The minimum atomic E-state index is -0.588. The Hall–Kier alpha value is -3.61. The third kappa shape index (κ3) is 4.20. The van der Waals surface area contributed by atoms with Crippen molar-refractivity contribution in [3.63, 3.8) is 0 Å². The molecule has 0 spiro atoms. The number of pyridine rings is 1. The highest BCUT2D eigenvalue weighted by Crippen LogP contribution is 2.28. The number of nitrogens with one attached hydrogen (secondary N) is 1. The van der Waals surface area contributed by atoms with Crippen LogP contribution in [0.1, 0.15) is 16.1 Å². The van der Waals surface area contributed by atoms with Crippen molar-refractivity contribution in [2.45, 2.75) is 6.92 Å². The number of methoxy groups -OCH3 is 2. The van der Waals surface area contributed by atoms with E-state index in [1.807, 2.05) is 18.2 Å². The predicted octanol–water partition coefficient (Wildman–Crippen LogP) is 3.36. The zero-order valence-electron chi connectivity index (χ0n) is 15.8. The van der Waals surface area contributed by atoms with Crippen LogP contribution in [-0.2, 0) is 9.53 Å². The average molecular weight is 380 g/mol. The van der Waals surface area contributed by atoms with Crippen LogP contribution in [0.5, 0.6) is 11.5 Å². The average Bonchev–Trinajstić information content (AvgIpc) is 2.71. The van der Waals surface area contributed by atoms with Gasteiger partial charge in [-0.3, -0.25) is 9.78 Å². The Morgan fingerprint density at radius 3 is 2.57 bits per heavy atom. The lowest BCUT2D eigenvalue weighted by molar-refractivity contribution is -0.119. The van der Waals surface area contributed by atoms with Gasteiger partial charge in [0.15, 0.2) is 6.61 Å². The first-order chi connectivity index (χ1) is 13.5. The molecule has 2 aromatic carbocycles. The van der Waals surface area contributed by atoms with Crippen LogP contribution in [0.2, 0.25) is 0 Å². The van der Waals surface area contributed by atoms with E-state index < -0.39 is 18.5 Å². The maximum Gasteiger partial charge on any atom is 0.339 e. The highest BCUT2D eigenvalue weighted by Gasteiger charge is 2.16. The molecule has 7 nitrogen and oxygen atoms in total. The maximum atomic E-state index is 12.5. The van der Waals surface area contributed by atoms with Crippen molar-refractivity contribution in [2.24, 2.45) is 0 Å². The first-order valence-corrected chi connectivity index (χ1v) is 8.57. The van der Waals surface area contributed by atoms with Crippen molar-refractivity contribution in [3.05, 3.63) is 59.8 Å². The molecule has 1 aromatic heterocycles. The number of carbonyl (C=O) groups excluding carboxylic acids is 2. The van der Waals surface area contributed by atoms with Gasteiger partial charge in [-0.2, -0.15) is 0 Å². The van der Waals surface area contributed by atoms with Gasteiger partial charge in [0.1, 0.15) is 11.5 Å². The highest BCUT2D eigenvalue weighted by atomic mass is 16.5. The predicted molar refractivity (Wildman–Crippen MR) is 105 cm³/mol. The molecule has 0 aliphatic rings. The van der Waals surface area contributed by atoms with Crippen molar-refractivity contribution in [2.75, 3.05) is 26.1 Å². The Labute approximate surface area is 162 Å². The van der Waals surface area contributed by atoms with Crippen LogP contribution >= 0.6 is 0 Å². The lowest BCUT2D eigenvalue weighted by Gasteiger charge is -2.12. The molecule has 28 heavy (non-hydrogen) atoms. The number of hydrogen-bond donors (Lipinski definition) is 1. The summed E-state index contributed by atoms with van der Waals surface area (Å²) in [7, 11) is 3.02. The van der Waals surface area contributed by atoms with Gasteiger partial charge in [0.25, 0.3) is 5.91 Å². The maximum absolute atomic E-state index is 12.5. The van der Waals surface area contributed by atoms with Crippen LogP contribution in [0.25, 0.3) is 10.9 Å². The van der Waals surface area contributed by atoms with Gasteiger partial charge < -0.3 is 19.5 Å². The molecular formula is C21H20N2O5. The molecule has 0 aliphatic heterocycles. The van der Waals surface area contributed by atoms with E-state index in [4.69, 9.17) is 14.2 Å². The molecule has 1 amide bonds. The van der Waals surface area contributed by atoms with E-state index in [9.17, 15) is 9.59 Å². The van der Waals surface area contributed by atoms with Crippen molar-refractivity contribution >= 4 is 28.5 Å². The number of para-hydroxylation sites is 1. The smallest absolute Gasteiger partial charge is 0.339 e. The Bertz CT molecular complexity index is 1030. The number of anilines is 1. The fourth-order valence-corrected chi connectivity index (χ4v) is 2.78. The summed E-state index contributed by atoms with van der Waals surface area (Å²) >= 11 is 0. The third-order valence-electron chi connectivity index (χ3n) is 4.08. The van der Waals surface area contributed by atoms with Gasteiger partial charge in [0.05, 0.1) is 31.0 Å². The van der Waals surface area contributed by atoms with Gasteiger partial charge in [0, 0.05) is 17.1 Å². The number of esters is 1. The Kier molecular flexibility index (Phi) is 5.74. The van der Waals surface area contributed by atoms with Crippen molar-refractivity contribution in [3.8, 4) is 11.5 Å². The van der Waals surface area contributed by atoms with E-state index in [1.165, 1.54) is 14.2 Å². The van der Waals surface area contributed by atoms with Crippen LogP contribution < -0.4 is 14.8 Å². The summed E-state index contributed by atoms with van der Waals surface area (Å²) in [4.78, 5) is 29.2. The molecule has 0 aliphatic carbocycles. The molecule has 1 heterocycles. The topological polar surface area (TPSA) is 86.8 Å². The molecule has 144 valence electrons. The Morgan fingerprint density at radius 1 is 1.04 bits per heavy atom. The number of ether oxygens (including phenoxy) is 3. The number of benzene rings is 2.